The van der Waals surface area contributed by atoms with Gasteiger partial charge in [-0.05, 0) is 17.7 Å². The predicted molar refractivity (Wildman–Crippen MR) is 80.4 cm³/mol. The van der Waals surface area contributed by atoms with Crippen molar-refractivity contribution in [3.63, 3.8) is 0 Å². The van der Waals surface area contributed by atoms with Gasteiger partial charge in [0.05, 0.1) is 5.92 Å². The molecule has 1 N–H and O–H groups in total. The maximum absolute atomic E-state index is 12.0. The molecule has 1 unspecified atom stereocenters. The molecule has 1 aromatic heterocycles. The monoisotopic (exact) mass is 282 g/mol. The molecular formula is C15H15BN2O3. The van der Waals surface area contributed by atoms with Crippen LogP contribution in [-0.2, 0) is 9.45 Å². The summed E-state index contributed by atoms with van der Waals surface area (Å²) in [4.78, 5) is 27.8. The van der Waals surface area contributed by atoms with Crippen LogP contribution in [0.1, 0.15) is 22.0 Å². The maximum Gasteiger partial charge on any atom is 0.325 e. The zero-order valence-corrected chi connectivity index (χ0v) is 11.7. The van der Waals surface area contributed by atoms with E-state index in [1.54, 1.807) is 24.4 Å². The van der Waals surface area contributed by atoms with Gasteiger partial charge in [0.15, 0.2) is 0 Å². The van der Waals surface area contributed by atoms with Crippen LogP contribution < -0.4 is 5.32 Å². The van der Waals surface area contributed by atoms with E-state index in [2.05, 4.69) is 10.3 Å². The first-order valence-corrected chi connectivity index (χ1v) is 6.54. The molecule has 0 bridgehead atoms. The molecule has 0 aliphatic carbocycles. The van der Waals surface area contributed by atoms with Gasteiger partial charge in [0.25, 0.3) is 11.9 Å². The lowest BCUT2D eigenvalue weighted by Gasteiger charge is -2.16. The topological polar surface area (TPSA) is 68.3 Å². The van der Waals surface area contributed by atoms with Crippen LogP contribution in [0.25, 0.3) is 0 Å². The first-order chi connectivity index (χ1) is 10.2. The molecule has 21 heavy (non-hydrogen) atoms. The number of pyridine rings is 1. The van der Waals surface area contributed by atoms with Crippen molar-refractivity contribution in [2.24, 2.45) is 0 Å². The molecule has 0 fully saturated rings. The van der Waals surface area contributed by atoms with Crippen LogP contribution in [0.5, 0.6) is 0 Å². The quantitative estimate of drug-likeness (QED) is 0.819. The van der Waals surface area contributed by atoms with Gasteiger partial charge < -0.3 is 9.97 Å². The summed E-state index contributed by atoms with van der Waals surface area (Å²) in [7, 11) is 1.33. The number of carbonyl (C=O) groups is 2. The van der Waals surface area contributed by atoms with Crippen LogP contribution >= 0.6 is 0 Å². The fourth-order valence-corrected chi connectivity index (χ4v) is 1.95. The molecule has 1 heterocycles. The van der Waals surface area contributed by atoms with Crippen molar-refractivity contribution in [3.8, 4) is 0 Å². The number of rotatable bonds is 5. The molecule has 2 rings (SSSR count). The molecule has 0 aliphatic rings. The standard InChI is InChI=1S/C15H15BN2O3/c16-21-15(20)12(11-6-2-1-3-7-11)10-18-14(19)13-8-4-5-9-17-13/h1-9,12H,10,16H2,(H,18,19). The number of hydrogen-bond acceptors (Lipinski definition) is 4. The Morgan fingerprint density at radius 2 is 1.86 bits per heavy atom. The highest BCUT2D eigenvalue weighted by molar-refractivity contribution is 6.06. The second kappa shape index (κ2) is 7.24. The minimum absolute atomic E-state index is 0.159. The molecule has 0 saturated carbocycles. The number of nitrogens with one attached hydrogen (secondary N) is 1. The minimum atomic E-state index is -0.538. The summed E-state index contributed by atoms with van der Waals surface area (Å²) in [6.07, 6.45) is 1.55. The number of benzene rings is 1. The van der Waals surface area contributed by atoms with Crippen LogP contribution in [0.2, 0.25) is 0 Å². The second-order valence-electron chi connectivity index (χ2n) is 4.41. The van der Waals surface area contributed by atoms with Crippen LogP contribution in [0.4, 0.5) is 0 Å². The number of amides is 1. The van der Waals surface area contributed by atoms with Gasteiger partial charge >= 0.3 is 8.05 Å². The average Bonchev–Trinajstić information content (AvgIpc) is 2.56. The Hall–Kier alpha value is -2.63. The van der Waals surface area contributed by atoms with Crippen molar-refractivity contribution in [3.05, 3.63) is 66.0 Å². The van der Waals surface area contributed by atoms with E-state index in [-0.39, 0.29) is 18.4 Å². The van der Waals surface area contributed by atoms with Crippen molar-refractivity contribution in [1.29, 1.82) is 0 Å². The van der Waals surface area contributed by atoms with Crippen molar-refractivity contribution < 1.29 is 14.2 Å². The molecule has 106 valence electrons. The van der Waals surface area contributed by atoms with E-state index < -0.39 is 5.92 Å². The van der Waals surface area contributed by atoms with Crippen molar-refractivity contribution in [1.82, 2.24) is 10.3 Å². The van der Waals surface area contributed by atoms with Crippen molar-refractivity contribution in [2.75, 3.05) is 6.54 Å². The molecular weight excluding hydrogens is 267 g/mol. The third kappa shape index (κ3) is 3.92. The van der Waals surface area contributed by atoms with Crippen molar-refractivity contribution in [2.45, 2.75) is 5.92 Å². The molecule has 0 saturated heterocycles. The Balaban J connectivity index is 2.07. The normalized spacial score (nSPS) is 11.4. The first-order valence-electron chi connectivity index (χ1n) is 6.54. The molecule has 2 aromatic rings. The fraction of sp³-hybridized carbons (Fsp3) is 0.133. The molecule has 1 amide bonds. The highest BCUT2D eigenvalue weighted by Crippen LogP contribution is 2.16. The van der Waals surface area contributed by atoms with Crippen LogP contribution in [-0.4, -0.2) is 31.5 Å². The van der Waals surface area contributed by atoms with E-state index in [1.807, 2.05) is 30.3 Å². The van der Waals surface area contributed by atoms with Gasteiger partial charge in [-0.15, -0.1) is 0 Å². The average molecular weight is 282 g/mol. The Morgan fingerprint density at radius 1 is 1.14 bits per heavy atom. The van der Waals surface area contributed by atoms with E-state index in [4.69, 9.17) is 4.65 Å². The smallest absolute Gasteiger partial charge is 0.325 e. The van der Waals surface area contributed by atoms with E-state index in [0.29, 0.717) is 5.69 Å². The van der Waals surface area contributed by atoms with Gasteiger partial charge in [0.1, 0.15) is 5.69 Å². The summed E-state index contributed by atoms with van der Waals surface area (Å²) in [5, 5.41) is 2.71. The van der Waals surface area contributed by atoms with Crippen molar-refractivity contribution >= 4 is 19.9 Å². The zero-order chi connectivity index (χ0) is 15.1. The lowest BCUT2D eigenvalue weighted by molar-refractivity contribution is -0.135. The first kappa shape index (κ1) is 14.8. The van der Waals surface area contributed by atoms with E-state index in [0.717, 1.165) is 5.56 Å². The van der Waals surface area contributed by atoms with Gasteiger partial charge in [0, 0.05) is 12.7 Å². The second-order valence-corrected chi connectivity index (χ2v) is 4.41. The largest absolute Gasteiger partial charge is 0.543 e. The van der Waals surface area contributed by atoms with Crippen LogP contribution in [0, 0.1) is 0 Å². The third-order valence-electron chi connectivity index (χ3n) is 3.05. The summed E-state index contributed by atoms with van der Waals surface area (Å²) in [5.41, 5.74) is 1.11. The maximum atomic E-state index is 12.0. The van der Waals surface area contributed by atoms with Crippen LogP contribution in [0.3, 0.4) is 0 Å². The molecule has 1 atom stereocenters. The van der Waals surface area contributed by atoms with E-state index in [1.165, 1.54) is 8.05 Å². The fourth-order valence-electron chi connectivity index (χ4n) is 1.95. The predicted octanol–water partition coefficient (Wildman–Crippen LogP) is 0.686. The number of carbonyl (C=O) groups excluding carboxylic acids is 2. The highest BCUT2D eigenvalue weighted by Gasteiger charge is 2.21. The molecule has 6 heteroatoms. The Labute approximate surface area is 123 Å². The lowest BCUT2D eigenvalue weighted by Crippen LogP contribution is -2.32. The Morgan fingerprint density at radius 3 is 2.48 bits per heavy atom. The third-order valence-corrected chi connectivity index (χ3v) is 3.05. The molecule has 1 aromatic carbocycles. The van der Waals surface area contributed by atoms with E-state index >= 15 is 0 Å². The Kier molecular flexibility index (Phi) is 5.09. The summed E-state index contributed by atoms with van der Waals surface area (Å²) >= 11 is 0. The number of nitrogens with zero attached hydrogens (tertiary/aromatic N) is 1. The summed E-state index contributed by atoms with van der Waals surface area (Å²) in [6.45, 7) is 0.159. The van der Waals surface area contributed by atoms with Gasteiger partial charge in [-0.3, -0.25) is 14.6 Å². The van der Waals surface area contributed by atoms with Crippen LogP contribution in [0.15, 0.2) is 54.7 Å². The van der Waals surface area contributed by atoms with Gasteiger partial charge in [0.2, 0.25) is 0 Å². The SMILES string of the molecule is BOC(=O)C(CNC(=O)c1ccccn1)c1ccccc1. The molecule has 0 spiro atoms. The lowest BCUT2D eigenvalue weighted by atomic mass is 9.99. The zero-order valence-electron chi connectivity index (χ0n) is 11.7. The van der Waals surface area contributed by atoms with E-state index in [9.17, 15) is 9.59 Å². The summed E-state index contributed by atoms with van der Waals surface area (Å²) < 4.78 is 4.80. The summed E-state index contributed by atoms with van der Waals surface area (Å²) in [6, 6.07) is 14.3. The number of aromatic nitrogens is 1. The molecule has 0 aliphatic heterocycles. The van der Waals surface area contributed by atoms with Gasteiger partial charge in [-0.25, -0.2) is 0 Å². The van der Waals surface area contributed by atoms with Gasteiger partial charge in [-0.2, -0.15) is 0 Å². The Bertz CT molecular complexity index is 605. The minimum Gasteiger partial charge on any atom is -0.543 e. The summed E-state index contributed by atoms with van der Waals surface area (Å²) in [5.74, 6) is -1.24. The van der Waals surface area contributed by atoms with Gasteiger partial charge in [-0.1, -0.05) is 36.4 Å². The highest BCUT2D eigenvalue weighted by atomic mass is 16.5. The number of hydrogen-bond donors (Lipinski definition) is 1. The molecule has 0 radical (unpaired) electrons. The molecule has 5 nitrogen and oxygen atoms in total.